The summed E-state index contributed by atoms with van der Waals surface area (Å²) in [6, 6.07) is 15.3. The number of phenolic OH excluding ortho intramolecular Hbond substituents is 1. The standard InChI is InChI=1S/C16H13BrN2O/c17-14-5-1-12(2-6-14)11-19-10-9-18-16(19)13-3-7-15(20)8-4-13/h1-10,20H,11H2. The van der Waals surface area contributed by atoms with Crippen LogP contribution in [-0.4, -0.2) is 14.7 Å². The molecule has 0 aliphatic heterocycles. The number of aromatic hydroxyl groups is 1. The predicted octanol–water partition coefficient (Wildman–Crippen LogP) is 4.07. The van der Waals surface area contributed by atoms with Gasteiger partial charge in [-0.05, 0) is 42.0 Å². The zero-order valence-electron chi connectivity index (χ0n) is 10.7. The first kappa shape index (κ1) is 12.9. The number of hydrogen-bond acceptors (Lipinski definition) is 2. The lowest BCUT2D eigenvalue weighted by atomic mass is 10.2. The van der Waals surface area contributed by atoms with E-state index in [2.05, 4.69) is 37.6 Å². The average molecular weight is 329 g/mol. The molecule has 3 nitrogen and oxygen atoms in total. The Hall–Kier alpha value is -2.07. The van der Waals surface area contributed by atoms with Gasteiger partial charge in [0.1, 0.15) is 11.6 Å². The zero-order valence-corrected chi connectivity index (χ0v) is 12.3. The highest BCUT2D eigenvalue weighted by molar-refractivity contribution is 9.10. The van der Waals surface area contributed by atoms with Crippen molar-refractivity contribution in [1.82, 2.24) is 9.55 Å². The number of aromatic nitrogens is 2. The third-order valence-electron chi connectivity index (χ3n) is 3.11. The molecular weight excluding hydrogens is 316 g/mol. The summed E-state index contributed by atoms with van der Waals surface area (Å²) in [5.41, 5.74) is 2.20. The minimum Gasteiger partial charge on any atom is -0.508 e. The number of imidazole rings is 1. The van der Waals surface area contributed by atoms with E-state index in [1.54, 1.807) is 18.3 Å². The highest BCUT2D eigenvalue weighted by Crippen LogP contribution is 2.21. The molecule has 4 heteroatoms. The van der Waals surface area contributed by atoms with Crippen molar-refractivity contribution in [3.8, 4) is 17.1 Å². The third-order valence-corrected chi connectivity index (χ3v) is 3.64. The Morgan fingerprint density at radius 2 is 1.70 bits per heavy atom. The van der Waals surface area contributed by atoms with E-state index in [0.717, 1.165) is 22.4 Å². The van der Waals surface area contributed by atoms with Gasteiger partial charge in [-0.3, -0.25) is 0 Å². The van der Waals surface area contributed by atoms with Crippen LogP contribution in [0.3, 0.4) is 0 Å². The second-order valence-corrected chi connectivity index (χ2v) is 5.47. The molecule has 0 fully saturated rings. The first-order valence-corrected chi connectivity index (χ1v) is 7.07. The van der Waals surface area contributed by atoms with Crippen molar-refractivity contribution in [2.75, 3.05) is 0 Å². The van der Waals surface area contributed by atoms with E-state index >= 15 is 0 Å². The van der Waals surface area contributed by atoms with Crippen LogP contribution in [0.1, 0.15) is 5.56 Å². The molecule has 0 amide bonds. The molecule has 0 atom stereocenters. The van der Waals surface area contributed by atoms with Gasteiger partial charge in [0.15, 0.2) is 0 Å². The normalized spacial score (nSPS) is 10.7. The Balaban J connectivity index is 1.90. The van der Waals surface area contributed by atoms with Gasteiger partial charge in [0.05, 0.1) is 0 Å². The molecule has 2 aromatic carbocycles. The van der Waals surface area contributed by atoms with Gasteiger partial charge < -0.3 is 9.67 Å². The average Bonchev–Trinajstić information content (AvgIpc) is 2.90. The zero-order chi connectivity index (χ0) is 13.9. The number of benzene rings is 2. The number of phenols is 1. The van der Waals surface area contributed by atoms with Gasteiger partial charge in [-0.2, -0.15) is 0 Å². The largest absolute Gasteiger partial charge is 0.508 e. The highest BCUT2D eigenvalue weighted by atomic mass is 79.9. The Morgan fingerprint density at radius 1 is 1.00 bits per heavy atom. The highest BCUT2D eigenvalue weighted by Gasteiger charge is 2.06. The Morgan fingerprint density at radius 3 is 2.40 bits per heavy atom. The Labute approximate surface area is 125 Å². The third kappa shape index (κ3) is 2.75. The number of rotatable bonds is 3. The van der Waals surface area contributed by atoms with Crippen molar-refractivity contribution >= 4 is 15.9 Å². The van der Waals surface area contributed by atoms with Crippen LogP contribution in [-0.2, 0) is 6.54 Å². The maximum absolute atomic E-state index is 9.35. The molecule has 3 aromatic rings. The summed E-state index contributed by atoms with van der Waals surface area (Å²) in [6.45, 7) is 0.767. The van der Waals surface area contributed by atoms with Gasteiger partial charge in [0.2, 0.25) is 0 Å². The second kappa shape index (κ2) is 5.51. The van der Waals surface area contributed by atoms with E-state index in [1.807, 2.05) is 30.5 Å². The van der Waals surface area contributed by atoms with E-state index in [4.69, 9.17) is 0 Å². The van der Waals surface area contributed by atoms with E-state index in [1.165, 1.54) is 5.56 Å². The van der Waals surface area contributed by atoms with Crippen molar-refractivity contribution in [2.45, 2.75) is 6.54 Å². The van der Waals surface area contributed by atoms with Crippen LogP contribution >= 0.6 is 15.9 Å². The first-order valence-electron chi connectivity index (χ1n) is 6.27. The van der Waals surface area contributed by atoms with Crippen LogP contribution in [0.25, 0.3) is 11.4 Å². The van der Waals surface area contributed by atoms with Gasteiger partial charge in [0, 0.05) is 29.0 Å². The van der Waals surface area contributed by atoms with Crippen LogP contribution in [0.2, 0.25) is 0 Å². The van der Waals surface area contributed by atoms with Crippen molar-refractivity contribution in [2.24, 2.45) is 0 Å². The van der Waals surface area contributed by atoms with Crippen molar-refractivity contribution in [3.63, 3.8) is 0 Å². The topological polar surface area (TPSA) is 38.1 Å². The monoisotopic (exact) mass is 328 g/mol. The van der Waals surface area contributed by atoms with Gasteiger partial charge in [-0.1, -0.05) is 28.1 Å². The lowest BCUT2D eigenvalue weighted by Gasteiger charge is -2.08. The Kier molecular flexibility index (Phi) is 3.56. The molecule has 1 heterocycles. The molecule has 0 aliphatic rings. The fraction of sp³-hybridized carbons (Fsp3) is 0.0625. The minimum atomic E-state index is 0.264. The van der Waals surface area contributed by atoms with Crippen molar-refractivity contribution in [1.29, 1.82) is 0 Å². The van der Waals surface area contributed by atoms with Gasteiger partial charge in [0.25, 0.3) is 0 Å². The maximum atomic E-state index is 9.35. The van der Waals surface area contributed by atoms with Gasteiger partial charge >= 0.3 is 0 Å². The van der Waals surface area contributed by atoms with Gasteiger partial charge in [-0.25, -0.2) is 4.98 Å². The van der Waals surface area contributed by atoms with E-state index in [0.29, 0.717) is 0 Å². The van der Waals surface area contributed by atoms with E-state index in [-0.39, 0.29) is 5.75 Å². The summed E-state index contributed by atoms with van der Waals surface area (Å²) in [6.07, 6.45) is 3.76. The molecule has 0 saturated carbocycles. The molecule has 20 heavy (non-hydrogen) atoms. The second-order valence-electron chi connectivity index (χ2n) is 4.55. The maximum Gasteiger partial charge on any atom is 0.140 e. The van der Waals surface area contributed by atoms with Crippen LogP contribution in [0.5, 0.6) is 5.75 Å². The summed E-state index contributed by atoms with van der Waals surface area (Å²) in [7, 11) is 0. The number of hydrogen-bond donors (Lipinski definition) is 1. The van der Waals surface area contributed by atoms with E-state index in [9.17, 15) is 5.11 Å². The molecule has 1 N–H and O–H groups in total. The van der Waals surface area contributed by atoms with Crippen molar-refractivity contribution in [3.05, 3.63) is 71.0 Å². The fourth-order valence-electron chi connectivity index (χ4n) is 2.09. The summed E-state index contributed by atoms with van der Waals surface area (Å²) < 4.78 is 3.17. The number of halogens is 1. The lowest BCUT2D eigenvalue weighted by molar-refractivity contribution is 0.475. The summed E-state index contributed by atoms with van der Waals surface area (Å²) in [5.74, 6) is 1.16. The van der Waals surface area contributed by atoms with E-state index < -0.39 is 0 Å². The van der Waals surface area contributed by atoms with Crippen LogP contribution in [0, 0.1) is 0 Å². The van der Waals surface area contributed by atoms with Crippen LogP contribution in [0.4, 0.5) is 0 Å². The first-order chi connectivity index (χ1) is 9.72. The molecule has 0 spiro atoms. The summed E-state index contributed by atoms with van der Waals surface area (Å²) in [5, 5.41) is 9.35. The molecule has 0 saturated heterocycles. The smallest absolute Gasteiger partial charge is 0.140 e. The van der Waals surface area contributed by atoms with Crippen molar-refractivity contribution < 1.29 is 5.11 Å². The summed E-state index contributed by atoms with van der Waals surface area (Å²) in [4.78, 5) is 4.40. The molecular formula is C16H13BrN2O. The van der Waals surface area contributed by atoms with Crippen LogP contribution < -0.4 is 0 Å². The van der Waals surface area contributed by atoms with Gasteiger partial charge in [-0.15, -0.1) is 0 Å². The molecule has 0 radical (unpaired) electrons. The lowest BCUT2D eigenvalue weighted by Crippen LogP contribution is -2.00. The molecule has 0 bridgehead atoms. The predicted molar refractivity (Wildman–Crippen MR) is 82.6 cm³/mol. The molecule has 0 unspecified atom stereocenters. The minimum absolute atomic E-state index is 0.264. The SMILES string of the molecule is Oc1ccc(-c2nccn2Cc2ccc(Br)cc2)cc1. The Bertz CT molecular complexity index is 702. The quantitative estimate of drug-likeness (QED) is 0.787. The molecule has 1 aromatic heterocycles. The fourth-order valence-corrected chi connectivity index (χ4v) is 2.36. The molecule has 3 rings (SSSR count). The van der Waals surface area contributed by atoms with Crippen LogP contribution in [0.15, 0.2) is 65.4 Å². The molecule has 0 aliphatic carbocycles. The number of nitrogens with zero attached hydrogens (tertiary/aromatic N) is 2. The molecule has 100 valence electrons. The summed E-state index contributed by atoms with van der Waals surface area (Å²) >= 11 is 3.44.